The summed E-state index contributed by atoms with van der Waals surface area (Å²) in [5, 5.41) is 12.7. The molecule has 0 fully saturated rings. The van der Waals surface area contributed by atoms with Crippen LogP contribution in [-0.2, 0) is 16.0 Å². The van der Waals surface area contributed by atoms with Gasteiger partial charge in [0.25, 0.3) is 0 Å². The number of methoxy groups -OCH3 is 1. The Kier molecular flexibility index (Phi) is 9.50. The summed E-state index contributed by atoms with van der Waals surface area (Å²) in [6.45, 7) is 0. The van der Waals surface area contributed by atoms with Crippen molar-refractivity contribution in [3.05, 3.63) is 83.4 Å². The van der Waals surface area contributed by atoms with Crippen molar-refractivity contribution in [2.75, 3.05) is 12.4 Å². The van der Waals surface area contributed by atoms with E-state index in [0.29, 0.717) is 40.5 Å². The summed E-state index contributed by atoms with van der Waals surface area (Å²) in [6.07, 6.45) is 0.0428. The van der Waals surface area contributed by atoms with Crippen LogP contribution in [0, 0.1) is 11.7 Å². The number of hydrogen-bond acceptors (Lipinski definition) is 5. The van der Waals surface area contributed by atoms with E-state index < -0.39 is 29.5 Å². The molecular weight excluding hydrogens is 719 g/mol. The number of Topliss-reactive ketones (excluding diaryl/α,β-unsaturated/α-hetero) is 1. The Morgan fingerprint density at radius 3 is 2.06 bits per heavy atom. The second kappa shape index (κ2) is 12.0. The second-order valence-electron chi connectivity index (χ2n) is 7.56. The minimum Gasteiger partial charge on any atom is -0.506 e. The van der Waals surface area contributed by atoms with Gasteiger partial charge in [0.15, 0.2) is 5.78 Å². The van der Waals surface area contributed by atoms with E-state index in [1.807, 2.05) is 0 Å². The lowest BCUT2D eigenvalue weighted by Crippen LogP contribution is -2.37. The molecule has 0 saturated carbocycles. The lowest BCUT2D eigenvalue weighted by atomic mass is 9.88. The van der Waals surface area contributed by atoms with Gasteiger partial charge in [-0.1, -0.05) is 12.1 Å². The Hall–Kier alpha value is -1.79. The predicted molar refractivity (Wildman–Crippen MR) is 146 cm³/mol. The van der Waals surface area contributed by atoms with E-state index in [9.17, 15) is 19.1 Å². The van der Waals surface area contributed by atoms with Gasteiger partial charge in [0.05, 0.1) is 31.0 Å². The fourth-order valence-electron chi connectivity index (χ4n) is 3.40. The molecule has 3 aromatic rings. The second-order valence-corrected chi connectivity index (χ2v) is 11.0. The van der Waals surface area contributed by atoms with Gasteiger partial charge in [0, 0.05) is 5.69 Å². The van der Waals surface area contributed by atoms with Crippen LogP contribution in [0.5, 0.6) is 11.5 Å². The van der Waals surface area contributed by atoms with Crippen LogP contribution < -0.4 is 15.8 Å². The molecule has 2 unspecified atom stereocenters. The van der Waals surface area contributed by atoms with Crippen LogP contribution >= 0.6 is 63.7 Å². The molecule has 0 heterocycles. The molecule has 3 rings (SSSR count). The number of anilines is 1. The van der Waals surface area contributed by atoms with Crippen molar-refractivity contribution in [2.45, 2.75) is 12.5 Å². The first-order valence-corrected chi connectivity index (χ1v) is 13.2. The highest BCUT2D eigenvalue weighted by atomic mass is 79.9. The van der Waals surface area contributed by atoms with E-state index in [2.05, 4.69) is 69.0 Å². The number of carbonyl (C=O) groups is 2. The maximum Gasteiger partial charge on any atom is 0.235 e. The van der Waals surface area contributed by atoms with Gasteiger partial charge in [0.1, 0.15) is 23.2 Å². The molecule has 4 N–H and O–H groups in total. The van der Waals surface area contributed by atoms with Crippen LogP contribution in [0.3, 0.4) is 0 Å². The number of halogens is 5. The minimum absolute atomic E-state index is 0.0260. The van der Waals surface area contributed by atoms with E-state index >= 15 is 0 Å². The first-order valence-electron chi connectivity index (χ1n) is 10.1. The minimum atomic E-state index is -1.17. The molecule has 0 saturated heterocycles. The average molecular weight is 738 g/mol. The summed E-state index contributed by atoms with van der Waals surface area (Å²) in [4.78, 5) is 26.8. The summed E-state index contributed by atoms with van der Waals surface area (Å²) < 4.78 is 20.7. The van der Waals surface area contributed by atoms with Gasteiger partial charge in [-0.3, -0.25) is 9.59 Å². The van der Waals surface area contributed by atoms with Crippen molar-refractivity contribution in [3.63, 3.8) is 0 Å². The van der Waals surface area contributed by atoms with E-state index in [-0.39, 0.29) is 12.2 Å². The van der Waals surface area contributed by atoms with Gasteiger partial charge in [-0.25, -0.2) is 4.39 Å². The van der Waals surface area contributed by atoms with E-state index in [0.717, 1.165) is 0 Å². The van der Waals surface area contributed by atoms with E-state index in [1.165, 1.54) is 43.5 Å². The quantitative estimate of drug-likeness (QED) is 0.178. The molecule has 0 aliphatic carbocycles. The zero-order chi connectivity index (χ0) is 25.9. The Balaban J connectivity index is 1.96. The fourth-order valence-corrected chi connectivity index (χ4v) is 6.19. The summed E-state index contributed by atoms with van der Waals surface area (Å²) in [7, 11) is 1.53. The molecular formula is C24H19Br4FN2O4. The largest absolute Gasteiger partial charge is 0.506 e. The number of nitrogens with one attached hydrogen (secondary N) is 1. The molecule has 35 heavy (non-hydrogen) atoms. The smallest absolute Gasteiger partial charge is 0.235 e. The number of rotatable bonds is 8. The summed E-state index contributed by atoms with van der Waals surface area (Å²) in [6, 6.07) is 10.7. The number of phenolic OH excluding ortho intramolecular Hbond substituents is 1. The van der Waals surface area contributed by atoms with Crippen LogP contribution in [0.2, 0.25) is 0 Å². The Morgan fingerprint density at radius 1 is 1.00 bits per heavy atom. The van der Waals surface area contributed by atoms with Crippen molar-refractivity contribution < 1.29 is 23.8 Å². The third-order valence-corrected chi connectivity index (χ3v) is 7.57. The van der Waals surface area contributed by atoms with Gasteiger partial charge in [0.2, 0.25) is 5.91 Å². The zero-order valence-corrected chi connectivity index (χ0v) is 24.5. The molecule has 2 atom stereocenters. The van der Waals surface area contributed by atoms with Crippen LogP contribution in [0.4, 0.5) is 10.1 Å². The summed E-state index contributed by atoms with van der Waals surface area (Å²) in [5.74, 6) is -2.20. The molecule has 0 aromatic heterocycles. The van der Waals surface area contributed by atoms with Crippen molar-refractivity contribution in [2.24, 2.45) is 11.7 Å². The van der Waals surface area contributed by atoms with Crippen LogP contribution in [0.1, 0.15) is 17.2 Å². The SMILES string of the molecule is COc1c(Br)cc(CC(C(=O)Nc2cc(Br)c(O)c(Br)c2)C(=O)C(N)c2ccc(F)cc2)cc1Br. The number of ketones is 1. The van der Waals surface area contributed by atoms with Crippen LogP contribution in [0.15, 0.2) is 66.4 Å². The van der Waals surface area contributed by atoms with Crippen molar-refractivity contribution in [1.29, 1.82) is 0 Å². The van der Waals surface area contributed by atoms with Crippen molar-refractivity contribution >= 4 is 81.1 Å². The topological polar surface area (TPSA) is 102 Å². The Bertz CT molecular complexity index is 1220. The third-order valence-electron chi connectivity index (χ3n) is 5.18. The Labute approximate surface area is 234 Å². The predicted octanol–water partition coefficient (Wildman–Crippen LogP) is 6.66. The number of aromatic hydroxyl groups is 1. The lowest BCUT2D eigenvalue weighted by Gasteiger charge is -2.21. The molecule has 184 valence electrons. The van der Waals surface area contributed by atoms with E-state index in [1.54, 1.807) is 12.1 Å². The van der Waals surface area contributed by atoms with Crippen LogP contribution in [0.25, 0.3) is 0 Å². The molecule has 1 amide bonds. The number of carbonyl (C=O) groups excluding carboxylic acids is 2. The first-order chi connectivity index (χ1) is 16.5. The summed E-state index contributed by atoms with van der Waals surface area (Å²) >= 11 is 13.3. The highest BCUT2D eigenvalue weighted by molar-refractivity contribution is 9.11. The van der Waals surface area contributed by atoms with Crippen molar-refractivity contribution in [3.8, 4) is 11.5 Å². The molecule has 0 aliphatic rings. The zero-order valence-electron chi connectivity index (χ0n) is 18.1. The lowest BCUT2D eigenvalue weighted by molar-refractivity contribution is -0.132. The third kappa shape index (κ3) is 6.71. The number of hydrogen-bond donors (Lipinski definition) is 3. The molecule has 11 heteroatoms. The highest BCUT2D eigenvalue weighted by Gasteiger charge is 2.32. The van der Waals surface area contributed by atoms with Gasteiger partial charge in [-0.15, -0.1) is 0 Å². The monoisotopic (exact) mass is 734 g/mol. The maximum atomic E-state index is 13.5. The van der Waals surface area contributed by atoms with Gasteiger partial charge in [-0.05, 0) is 118 Å². The van der Waals surface area contributed by atoms with Gasteiger partial charge >= 0.3 is 0 Å². The van der Waals surface area contributed by atoms with Gasteiger partial charge < -0.3 is 20.9 Å². The standard InChI is InChI=1S/C24H19Br4FN2O4/c1-35-23-18(27)7-11(8-19(23)28)6-15(21(32)20(30)12-2-4-13(29)5-3-12)24(34)31-14-9-16(25)22(33)17(26)10-14/h2-5,7-10,15,20,33H,6,30H2,1H3,(H,31,34). The van der Waals surface area contributed by atoms with E-state index in [4.69, 9.17) is 10.5 Å². The molecule has 0 bridgehead atoms. The van der Waals surface area contributed by atoms with Gasteiger partial charge in [-0.2, -0.15) is 0 Å². The molecule has 3 aromatic carbocycles. The molecule has 0 spiro atoms. The number of amides is 1. The molecule has 6 nitrogen and oxygen atoms in total. The maximum absolute atomic E-state index is 13.5. The first kappa shape index (κ1) is 27.8. The normalized spacial score (nSPS) is 12.7. The highest BCUT2D eigenvalue weighted by Crippen LogP contribution is 2.37. The van der Waals surface area contributed by atoms with Crippen LogP contribution in [-0.4, -0.2) is 23.9 Å². The summed E-state index contributed by atoms with van der Waals surface area (Å²) in [5.41, 5.74) is 7.64. The average Bonchev–Trinajstić information content (AvgIpc) is 2.80. The molecule has 0 aliphatic heterocycles. The number of benzene rings is 3. The number of ether oxygens (including phenoxy) is 1. The number of phenols is 1. The van der Waals surface area contributed by atoms with Crippen molar-refractivity contribution in [1.82, 2.24) is 0 Å². The Morgan fingerprint density at radius 2 is 1.54 bits per heavy atom. The number of nitrogens with two attached hydrogens (primary N) is 1. The molecule has 0 radical (unpaired) electrons. The fraction of sp³-hybridized carbons (Fsp3) is 0.167.